The third-order valence-electron chi connectivity index (χ3n) is 4.20. The van der Waals surface area contributed by atoms with E-state index in [9.17, 15) is 4.79 Å². The SMILES string of the molecule is CC1CCN(C(=O)C(C)c2ccccc2)C(CN)C1. The van der Waals surface area contributed by atoms with Crippen LogP contribution < -0.4 is 5.73 Å². The van der Waals surface area contributed by atoms with Crippen LogP contribution in [0, 0.1) is 5.92 Å². The van der Waals surface area contributed by atoms with Crippen LogP contribution in [0.1, 0.15) is 38.2 Å². The van der Waals surface area contributed by atoms with Gasteiger partial charge in [0.15, 0.2) is 0 Å². The molecule has 1 amide bonds. The van der Waals surface area contributed by atoms with Gasteiger partial charge in [-0.05, 0) is 31.2 Å². The zero-order valence-electron chi connectivity index (χ0n) is 11.9. The summed E-state index contributed by atoms with van der Waals surface area (Å²) in [6.45, 7) is 5.64. The molecular formula is C16H24N2O. The number of rotatable bonds is 3. The maximum absolute atomic E-state index is 12.6. The van der Waals surface area contributed by atoms with Crippen LogP contribution in [-0.4, -0.2) is 29.9 Å². The minimum atomic E-state index is -0.0799. The van der Waals surface area contributed by atoms with Crippen molar-refractivity contribution < 1.29 is 4.79 Å². The molecule has 3 unspecified atom stereocenters. The summed E-state index contributed by atoms with van der Waals surface area (Å²) in [7, 11) is 0. The van der Waals surface area contributed by atoms with E-state index in [4.69, 9.17) is 5.73 Å². The van der Waals surface area contributed by atoms with Crippen molar-refractivity contribution in [1.29, 1.82) is 0 Å². The number of benzene rings is 1. The van der Waals surface area contributed by atoms with Gasteiger partial charge in [-0.3, -0.25) is 4.79 Å². The van der Waals surface area contributed by atoms with E-state index >= 15 is 0 Å². The summed E-state index contributed by atoms with van der Waals surface area (Å²) in [6, 6.07) is 10.2. The Hall–Kier alpha value is -1.35. The minimum Gasteiger partial charge on any atom is -0.338 e. The molecule has 0 radical (unpaired) electrons. The number of hydrogen-bond acceptors (Lipinski definition) is 2. The number of piperidine rings is 1. The van der Waals surface area contributed by atoms with E-state index in [1.54, 1.807) is 0 Å². The molecule has 1 aromatic carbocycles. The highest BCUT2D eigenvalue weighted by Gasteiger charge is 2.31. The molecule has 0 spiro atoms. The first-order valence-electron chi connectivity index (χ1n) is 7.19. The molecule has 1 saturated heterocycles. The van der Waals surface area contributed by atoms with Crippen LogP contribution in [0.3, 0.4) is 0 Å². The normalized spacial score (nSPS) is 25.1. The van der Waals surface area contributed by atoms with Crippen molar-refractivity contribution in [1.82, 2.24) is 4.90 Å². The molecule has 0 saturated carbocycles. The lowest BCUT2D eigenvalue weighted by atomic mass is 9.90. The number of hydrogen-bond donors (Lipinski definition) is 1. The van der Waals surface area contributed by atoms with Crippen LogP contribution in [-0.2, 0) is 4.79 Å². The maximum atomic E-state index is 12.6. The lowest BCUT2D eigenvalue weighted by Crippen LogP contribution is -2.50. The van der Waals surface area contributed by atoms with Gasteiger partial charge in [-0.15, -0.1) is 0 Å². The molecule has 1 heterocycles. The van der Waals surface area contributed by atoms with Crippen molar-refractivity contribution in [2.45, 2.75) is 38.6 Å². The molecule has 1 aliphatic heterocycles. The molecule has 3 heteroatoms. The van der Waals surface area contributed by atoms with Crippen LogP contribution in [0.4, 0.5) is 0 Å². The largest absolute Gasteiger partial charge is 0.338 e. The minimum absolute atomic E-state index is 0.0799. The van der Waals surface area contributed by atoms with E-state index < -0.39 is 0 Å². The van der Waals surface area contributed by atoms with E-state index in [1.807, 2.05) is 42.2 Å². The monoisotopic (exact) mass is 260 g/mol. The number of carbonyl (C=O) groups is 1. The highest BCUT2D eigenvalue weighted by Crippen LogP contribution is 2.26. The number of carbonyl (C=O) groups excluding carboxylic acids is 1. The zero-order valence-corrected chi connectivity index (χ0v) is 11.9. The quantitative estimate of drug-likeness (QED) is 0.907. The predicted molar refractivity (Wildman–Crippen MR) is 77.8 cm³/mol. The van der Waals surface area contributed by atoms with Gasteiger partial charge in [-0.25, -0.2) is 0 Å². The third kappa shape index (κ3) is 3.16. The Bertz CT molecular complexity index is 418. The molecule has 3 nitrogen and oxygen atoms in total. The second-order valence-corrected chi connectivity index (χ2v) is 5.68. The molecule has 104 valence electrons. The van der Waals surface area contributed by atoms with Crippen LogP contribution in [0.5, 0.6) is 0 Å². The second-order valence-electron chi connectivity index (χ2n) is 5.68. The Morgan fingerprint density at radius 2 is 2.11 bits per heavy atom. The topological polar surface area (TPSA) is 46.3 Å². The first-order chi connectivity index (χ1) is 9.13. The summed E-state index contributed by atoms with van der Waals surface area (Å²) in [5, 5.41) is 0. The van der Waals surface area contributed by atoms with Gasteiger partial charge in [-0.2, -0.15) is 0 Å². The van der Waals surface area contributed by atoms with Crippen LogP contribution in [0.25, 0.3) is 0 Å². The van der Waals surface area contributed by atoms with Gasteiger partial charge in [0.05, 0.1) is 5.92 Å². The Kier molecular flexibility index (Phi) is 4.59. The average molecular weight is 260 g/mol. The van der Waals surface area contributed by atoms with Gasteiger partial charge >= 0.3 is 0 Å². The van der Waals surface area contributed by atoms with Crippen LogP contribution in [0.2, 0.25) is 0 Å². The molecule has 0 aliphatic carbocycles. The van der Waals surface area contributed by atoms with Gasteiger partial charge in [0, 0.05) is 19.1 Å². The first-order valence-corrected chi connectivity index (χ1v) is 7.19. The molecule has 19 heavy (non-hydrogen) atoms. The predicted octanol–water partition coefficient (Wildman–Crippen LogP) is 2.38. The molecule has 2 rings (SSSR count). The number of likely N-dealkylation sites (tertiary alicyclic amines) is 1. The Morgan fingerprint density at radius 1 is 1.42 bits per heavy atom. The van der Waals surface area contributed by atoms with E-state index in [-0.39, 0.29) is 17.9 Å². The fourth-order valence-corrected chi connectivity index (χ4v) is 2.90. The van der Waals surface area contributed by atoms with Crippen molar-refractivity contribution in [3.05, 3.63) is 35.9 Å². The van der Waals surface area contributed by atoms with Gasteiger partial charge < -0.3 is 10.6 Å². The fourth-order valence-electron chi connectivity index (χ4n) is 2.90. The Balaban J connectivity index is 2.10. The second kappa shape index (κ2) is 6.20. The lowest BCUT2D eigenvalue weighted by molar-refractivity contribution is -0.136. The van der Waals surface area contributed by atoms with Gasteiger partial charge in [-0.1, -0.05) is 37.3 Å². The number of amides is 1. The molecule has 1 fully saturated rings. The number of nitrogens with zero attached hydrogens (tertiary/aromatic N) is 1. The molecular weight excluding hydrogens is 236 g/mol. The smallest absolute Gasteiger partial charge is 0.230 e. The Labute approximate surface area is 115 Å². The van der Waals surface area contributed by atoms with Crippen molar-refractivity contribution >= 4 is 5.91 Å². The summed E-state index contributed by atoms with van der Waals surface area (Å²) in [6.07, 6.45) is 2.12. The molecule has 3 atom stereocenters. The Morgan fingerprint density at radius 3 is 2.74 bits per heavy atom. The maximum Gasteiger partial charge on any atom is 0.230 e. The zero-order chi connectivity index (χ0) is 13.8. The van der Waals surface area contributed by atoms with E-state index in [0.717, 1.165) is 24.9 Å². The highest BCUT2D eigenvalue weighted by atomic mass is 16.2. The average Bonchev–Trinajstić information content (AvgIpc) is 2.46. The lowest BCUT2D eigenvalue weighted by Gasteiger charge is -2.39. The molecule has 1 aliphatic rings. The van der Waals surface area contributed by atoms with Gasteiger partial charge in [0.1, 0.15) is 0 Å². The summed E-state index contributed by atoms with van der Waals surface area (Å²) >= 11 is 0. The fraction of sp³-hybridized carbons (Fsp3) is 0.562. The summed E-state index contributed by atoms with van der Waals surface area (Å²) < 4.78 is 0. The standard InChI is InChI=1S/C16H24N2O/c1-12-8-9-18(15(10-12)11-17)16(19)13(2)14-6-4-3-5-7-14/h3-7,12-13,15H,8-11,17H2,1-2H3. The summed E-state index contributed by atoms with van der Waals surface area (Å²) in [5.41, 5.74) is 6.92. The summed E-state index contributed by atoms with van der Waals surface area (Å²) in [5.74, 6) is 0.807. The third-order valence-corrected chi connectivity index (χ3v) is 4.20. The van der Waals surface area contributed by atoms with Crippen molar-refractivity contribution in [3.8, 4) is 0 Å². The molecule has 1 aromatic rings. The van der Waals surface area contributed by atoms with Crippen LogP contribution >= 0.6 is 0 Å². The van der Waals surface area contributed by atoms with E-state index in [0.29, 0.717) is 12.5 Å². The van der Waals surface area contributed by atoms with Crippen molar-refractivity contribution in [2.24, 2.45) is 11.7 Å². The first kappa shape index (κ1) is 14.1. The summed E-state index contributed by atoms with van der Waals surface area (Å²) in [4.78, 5) is 14.6. The van der Waals surface area contributed by atoms with Crippen molar-refractivity contribution in [2.75, 3.05) is 13.1 Å². The number of nitrogens with two attached hydrogens (primary N) is 1. The molecule has 2 N–H and O–H groups in total. The van der Waals surface area contributed by atoms with Crippen molar-refractivity contribution in [3.63, 3.8) is 0 Å². The molecule has 0 bridgehead atoms. The van der Waals surface area contributed by atoms with E-state index in [1.165, 1.54) is 0 Å². The van der Waals surface area contributed by atoms with Gasteiger partial charge in [0.25, 0.3) is 0 Å². The molecule has 0 aromatic heterocycles. The van der Waals surface area contributed by atoms with Crippen LogP contribution in [0.15, 0.2) is 30.3 Å². The van der Waals surface area contributed by atoms with Gasteiger partial charge in [0.2, 0.25) is 5.91 Å². The van der Waals surface area contributed by atoms with E-state index in [2.05, 4.69) is 6.92 Å². The highest BCUT2D eigenvalue weighted by molar-refractivity contribution is 5.83.